The van der Waals surface area contributed by atoms with Crippen LogP contribution in [0, 0.1) is 6.92 Å². The van der Waals surface area contributed by atoms with Crippen molar-refractivity contribution in [2.24, 2.45) is 0 Å². The number of alkyl halides is 3. The summed E-state index contributed by atoms with van der Waals surface area (Å²) in [6, 6.07) is 6.84. The van der Waals surface area contributed by atoms with Crippen LogP contribution in [0.3, 0.4) is 0 Å². The Balaban J connectivity index is 1.84. The smallest absolute Gasteiger partial charge is 0.321 e. The molecule has 0 bridgehead atoms. The molecule has 0 saturated carbocycles. The lowest BCUT2D eigenvalue weighted by atomic mass is 9.91. The zero-order valence-electron chi connectivity index (χ0n) is 13.1. The molecule has 4 nitrogen and oxygen atoms in total. The summed E-state index contributed by atoms with van der Waals surface area (Å²) in [6.07, 6.45) is -0.468. The normalized spacial score (nSPS) is 14.2. The molecule has 0 atom stereocenters. The summed E-state index contributed by atoms with van der Waals surface area (Å²) in [6.45, 7) is 1.40. The summed E-state index contributed by atoms with van der Waals surface area (Å²) in [4.78, 5) is 18.9. The van der Waals surface area contributed by atoms with Crippen LogP contribution in [0.1, 0.15) is 46.0 Å². The highest BCUT2D eigenvalue weighted by molar-refractivity contribution is 6.03. The molecule has 0 radical (unpaired) electrons. The first kappa shape index (κ1) is 16.4. The number of hydrogen-bond donors (Lipinski definition) is 1. The monoisotopic (exact) mass is 335 g/mol. The van der Waals surface area contributed by atoms with E-state index in [0.717, 1.165) is 25.7 Å². The van der Waals surface area contributed by atoms with Gasteiger partial charge in [-0.05, 0) is 61.9 Å². The molecule has 126 valence electrons. The maximum atomic E-state index is 12.8. The number of fused-ring (bicyclic) bond motifs is 1. The lowest BCUT2D eigenvalue weighted by Gasteiger charge is -2.17. The number of amides is 1. The maximum Gasteiger partial charge on any atom is 0.451 e. The number of aryl methyl sites for hydroxylation is 3. The van der Waals surface area contributed by atoms with Crippen molar-refractivity contribution in [2.45, 2.75) is 38.8 Å². The molecule has 0 fully saturated rings. The fourth-order valence-corrected chi connectivity index (χ4v) is 2.82. The van der Waals surface area contributed by atoms with Gasteiger partial charge in [-0.3, -0.25) is 4.79 Å². The number of aromatic nitrogens is 2. The Bertz CT molecular complexity index is 787. The summed E-state index contributed by atoms with van der Waals surface area (Å²) >= 11 is 0. The van der Waals surface area contributed by atoms with Gasteiger partial charge in [0.15, 0.2) is 0 Å². The average Bonchev–Trinajstić information content (AvgIpc) is 2.53. The van der Waals surface area contributed by atoms with E-state index in [1.54, 1.807) is 6.07 Å². The van der Waals surface area contributed by atoms with E-state index < -0.39 is 17.9 Å². The number of carbonyl (C=O) groups excluding carboxylic acids is 1. The molecule has 7 heteroatoms. The number of halogens is 3. The maximum absolute atomic E-state index is 12.8. The molecule has 1 N–H and O–H groups in total. The van der Waals surface area contributed by atoms with Crippen molar-refractivity contribution < 1.29 is 18.0 Å². The molecule has 0 spiro atoms. The van der Waals surface area contributed by atoms with Crippen molar-refractivity contribution in [3.05, 3.63) is 52.6 Å². The van der Waals surface area contributed by atoms with Gasteiger partial charge in [-0.25, -0.2) is 9.97 Å². The highest BCUT2D eigenvalue weighted by Crippen LogP contribution is 2.27. The Labute approximate surface area is 137 Å². The average molecular weight is 335 g/mol. The van der Waals surface area contributed by atoms with E-state index in [1.165, 1.54) is 24.1 Å². The molecular weight excluding hydrogens is 319 g/mol. The van der Waals surface area contributed by atoms with Gasteiger partial charge in [0.25, 0.3) is 5.91 Å². The third-order valence-electron chi connectivity index (χ3n) is 3.95. The van der Waals surface area contributed by atoms with Crippen molar-refractivity contribution in [2.75, 3.05) is 5.32 Å². The van der Waals surface area contributed by atoms with Crippen LogP contribution >= 0.6 is 0 Å². The van der Waals surface area contributed by atoms with Gasteiger partial charge in [0.2, 0.25) is 5.82 Å². The van der Waals surface area contributed by atoms with Gasteiger partial charge in [-0.15, -0.1) is 0 Å². The molecule has 0 unspecified atom stereocenters. The Kier molecular flexibility index (Phi) is 4.26. The van der Waals surface area contributed by atoms with E-state index in [9.17, 15) is 18.0 Å². The van der Waals surface area contributed by atoms with E-state index in [1.807, 2.05) is 12.1 Å². The molecule has 1 aliphatic rings. The molecule has 0 saturated heterocycles. The quantitative estimate of drug-likeness (QED) is 0.904. The van der Waals surface area contributed by atoms with Gasteiger partial charge in [0, 0.05) is 11.4 Å². The predicted molar refractivity (Wildman–Crippen MR) is 82.8 cm³/mol. The highest BCUT2D eigenvalue weighted by atomic mass is 19.4. The van der Waals surface area contributed by atoms with Crippen molar-refractivity contribution in [1.29, 1.82) is 0 Å². The number of anilines is 1. The lowest BCUT2D eigenvalue weighted by Crippen LogP contribution is -2.19. The zero-order chi connectivity index (χ0) is 17.3. The number of nitrogens with zero attached hydrogens (tertiary/aromatic N) is 2. The molecule has 24 heavy (non-hydrogen) atoms. The van der Waals surface area contributed by atoms with Crippen LogP contribution < -0.4 is 5.32 Å². The Hall–Kier alpha value is -2.44. The summed E-state index contributed by atoms with van der Waals surface area (Å²) in [5, 5.41) is 2.62. The molecule has 3 rings (SSSR count). The van der Waals surface area contributed by atoms with Crippen LogP contribution in [0.25, 0.3) is 0 Å². The van der Waals surface area contributed by atoms with Crippen molar-refractivity contribution in [1.82, 2.24) is 9.97 Å². The standard InChI is InChI=1S/C17H16F3N3O/c1-10-8-14(23-16(21-10)17(18,19)20)15(24)22-13-7-6-11-4-2-3-5-12(11)9-13/h6-9H,2-5H2,1H3,(H,22,24). The minimum Gasteiger partial charge on any atom is -0.321 e. The topological polar surface area (TPSA) is 54.9 Å². The number of rotatable bonds is 2. The van der Waals surface area contributed by atoms with E-state index in [-0.39, 0.29) is 11.4 Å². The molecule has 1 aromatic carbocycles. The van der Waals surface area contributed by atoms with Gasteiger partial charge in [0.05, 0.1) is 0 Å². The fraction of sp³-hybridized carbons (Fsp3) is 0.353. The summed E-state index contributed by atoms with van der Waals surface area (Å²) in [5.41, 5.74) is 2.79. The van der Waals surface area contributed by atoms with E-state index in [4.69, 9.17) is 0 Å². The molecule has 1 aromatic heterocycles. The molecule has 0 aliphatic heterocycles. The molecule has 1 amide bonds. The fourth-order valence-electron chi connectivity index (χ4n) is 2.82. The Morgan fingerprint density at radius 1 is 1.08 bits per heavy atom. The van der Waals surface area contributed by atoms with Gasteiger partial charge < -0.3 is 5.32 Å². The van der Waals surface area contributed by atoms with Crippen molar-refractivity contribution in [3.63, 3.8) is 0 Å². The molecule has 1 heterocycles. The molecule has 2 aromatic rings. The number of carbonyl (C=O) groups is 1. The van der Waals surface area contributed by atoms with Crippen LogP contribution in [0.2, 0.25) is 0 Å². The minimum absolute atomic E-state index is 0.0907. The van der Waals surface area contributed by atoms with Crippen LogP contribution in [0.5, 0.6) is 0 Å². The van der Waals surface area contributed by atoms with Crippen molar-refractivity contribution in [3.8, 4) is 0 Å². The second-order valence-electron chi connectivity index (χ2n) is 5.86. The van der Waals surface area contributed by atoms with Gasteiger partial charge in [-0.1, -0.05) is 6.07 Å². The summed E-state index contributed by atoms with van der Waals surface area (Å²) in [7, 11) is 0. The summed E-state index contributed by atoms with van der Waals surface area (Å²) < 4.78 is 38.3. The van der Waals surface area contributed by atoms with Crippen LogP contribution in [-0.2, 0) is 19.0 Å². The first-order valence-electron chi connectivity index (χ1n) is 7.69. The Morgan fingerprint density at radius 3 is 2.50 bits per heavy atom. The van der Waals surface area contributed by atoms with Gasteiger partial charge in [0.1, 0.15) is 5.69 Å². The lowest BCUT2D eigenvalue weighted by molar-refractivity contribution is -0.145. The van der Waals surface area contributed by atoms with Crippen LogP contribution in [0.15, 0.2) is 24.3 Å². The van der Waals surface area contributed by atoms with E-state index >= 15 is 0 Å². The second kappa shape index (κ2) is 6.22. The largest absolute Gasteiger partial charge is 0.451 e. The second-order valence-corrected chi connectivity index (χ2v) is 5.86. The predicted octanol–water partition coefficient (Wildman–Crippen LogP) is 3.93. The zero-order valence-corrected chi connectivity index (χ0v) is 13.1. The number of hydrogen-bond acceptors (Lipinski definition) is 3. The number of benzene rings is 1. The van der Waals surface area contributed by atoms with E-state index in [2.05, 4.69) is 15.3 Å². The first-order valence-corrected chi connectivity index (χ1v) is 7.69. The van der Waals surface area contributed by atoms with E-state index in [0.29, 0.717) is 5.69 Å². The third kappa shape index (κ3) is 3.55. The highest BCUT2D eigenvalue weighted by Gasteiger charge is 2.35. The van der Waals surface area contributed by atoms with Crippen LogP contribution in [0.4, 0.5) is 18.9 Å². The number of nitrogens with one attached hydrogen (secondary N) is 1. The molecule has 1 aliphatic carbocycles. The molecular formula is C17H16F3N3O. The van der Waals surface area contributed by atoms with Crippen LogP contribution in [-0.4, -0.2) is 15.9 Å². The van der Waals surface area contributed by atoms with Gasteiger partial charge >= 0.3 is 6.18 Å². The Morgan fingerprint density at radius 2 is 1.79 bits per heavy atom. The van der Waals surface area contributed by atoms with Crippen molar-refractivity contribution >= 4 is 11.6 Å². The summed E-state index contributed by atoms with van der Waals surface area (Å²) in [5.74, 6) is -1.99. The first-order chi connectivity index (χ1) is 11.3. The SMILES string of the molecule is Cc1cc(C(=O)Nc2ccc3c(c2)CCCC3)nc(C(F)(F)F)n1. The van der Waals surface area contributed by atoms with Gasteiger partial charge in [-0.2, -0.15) is 13.2 Å². The minimum atomic E-state index is -4.69. The third-order valence-corrected chi connectivity index (χ3v) is 3.95.